The minimum absolute atomic E-state index is 0.0588. The van der Waals surface area contributed by atoms with Gasteiger partial charge < -0.3 is 10.1 Å². The van der Waals surface area contributed by atoms with Gasteiger partial charge in [-0.1, -0.05) is 0 Å². The highest BCUT2D eigenvalue weighted by atomic mass is 16.6. The Morgan fingerprint density at radius 1 is 1.47 bits per heavy atom. The van der Waals surface area contributed by atoms with E-state index in [0.717, 1.165) is 5.69 Å². The van der Waals surface area contributed by atoms with Crippen LogP contribution in [0.5, 0.6) is 5.75 Å². The summed E-state index contributed by atoms with van der Waals surface area (Å²) in [5.41, 5.74) is 1.07. The van der Waals surface area contributed by atoms with Crippen LogP contribution in [-0.2, 0) is 0 Å². The van der Waals surface area contributed by atoms with Gasteiger partial charge in [-0.3, -0.25) is 10.1 Å². The zero-order valence-corrected chi connectivity index (χ0v) is 9.43. The number of non-ortho nitro benzene ring substituents is 1. The van der Waals surface area contributed by atoms with Gasteiger partial charge in [0, 0.05) is 24.3 Å². The molecule has 0 aliphatic heterocycles. The van der Waals surface area contributed by atoms with Gasteiger partial charge >= 0.3 is 0 Å². The first-order valence-corrected chi connectivity index (χ1v) is 4.96. The maximum absolute atomic E-state index is 11.0. The third-order valence-corrected chi connectivity index (χ3v) is 2.50. The molecule has 0 saturated carbocycles. The number of fused-ring (bicyclic) bond motifs is 1. The zero-order valence-electron chi connectivity index (χ0n) is 9.43. The minimum Gasteiger partial charge on any atom is -0.496 e. The fourth-order valence-electron chi connectivity index (χ4n) is 1.69. The second-order valence-electron chi connectivity index (χ2n) is 3.41. The van der Waals surface area contributed by atoms with Gasteiger partial charge in [0.1, 0.15) is 5.75 Å². The van der Waals surface area contributed by atoms with Crippen LogP contribution in [0.4, 0.5) is 11.4 Å². The molecule has 2 aromatic rings. The summed E-state index contributed by atoms with van der Waals surface area (Å²) in [6.45, 7) is 0. The van der Waals surface area contributed by atoms with Crippen molar-refractivity contribution in [2.75, 3.05) is 19.5 Å². The third kappa shape index (κ3) is 1.84. The van der Waals surface area contributed by atoms with Gasteiger partial charge in [-0.05, 0) is 12.1 Å². The molecular formula is C11H11N3O3. The summed E-state index contributed by atoms with van der Waals surface area (Å²) in [5, 5.41) is 14.6. The highest BCUT2D eigenvalue weighted by molar-refractivity contribution is 5.97. The average Bonchev–Trinajstić information content (AvgIpc) is 2.36. The molecule has 6 nitrogen and oxygen atoms in total. The molecule has 1 aromatic heterocycles. The van der Waals surface area contributed by atoms with Crippen LogP contribution in [0.25, 0.3) is 10.9 Å². The Labute approximate surface area is 97.4 Å². The number of nitro benzene ring substituents is 1. The van der Waals surface area contributed by atoms with E-state index < -0.39 is 4.92 Å². The summed E-state index contributed by atoms with van der Waals surface area (Å²) in [6, 6.07) is 4.85. The van der Waals surface area contributed by atoms with E-state index in [1.165, 1.54) is 19.4 Å². The Hall–Kier alpha value is -2.37. The number of rotatable bonds is 3. The monoisotopic (exact) mass is 233 g/mol. The van der Waals surface area contributed by atoms with Gasteiger partial charge in [0.05, 0.1) is 18.1 Å². The number of nitrogens with one attached hydrogen (secondary N) is 1. The number of methoxy groups -OCH3 is 1. The van der Waals surface area contributed by atoms with E-state index in [1.807, 2.05) is 0 Å². The predicted octanol–water partition coefficient (Wildman–Crippen LogP) is 2.19. The molecule has 2 rings (SSSR count). The van der Waals surface area contributed by atoms with Crippen molar-refractivity contribution in [3.63, 3.8) is 0 Å². The summed E-state index contributed by atoms with van der Waals surface area (Å²) in [7, 11) is 3.22. The first-order chi connectivity index (χ1) is 8.17. The number of hydrogen-bond donors (Lipinski definition) is 1. The van der Waals surface area contributed by atoms with Crippen molar-refractivity contribution in [3.05, 3.63) is 34.5 Å². The van der Waals surface area contributed by atoms with Gasteiger partial charge in [0.25, 0.3) is 5.69 Å². The maximum atomic E-state index is 11.0. The summed E-state index contributed by atoms with van der Waals surface area (Å²) in [5.74, 6) is 0.439. The largest absolute Gasteiger partial charge is 0.496 e. The Bertz CT molecular complexity index is 583. The molecule has 0 fully saturated rings. The molecular weight excluding hydrogens is 222 g/mol. The van der Waals surface area contributed by atoms with E-state index in [1.54, 1.807) is 19.2 Å². The number of nitrogens with zero attached hydrogens (tertiary/aromatic N) is 2. The normalized spacial score (nSPS) is 10.2. The SMILES string of the molecule is CNc1ccnc2c([N+](=O)[O-])cc(OC)cc12. The van der Waals surface area contributed by atoms with Crippen molar-refractivity contribution in [2.24, 2.45) is 0 Å². The van der Waals surface area contributed by atoms with Gasteiger partial charge in [0.15, 0.2) is 5.52 Å². The van der Waals surface area contributed by atoms with Crippen LogP contribution >= 0.6 is 0 Å². The molecule has 0 aliphatic rings. The Balaban J connectivity index is 2.85. The number of nitro groups is 1. The van der Waals surface area contributed by atoms with Crippen LogP contribution in [0.15, 0.2) is 24.4 Å². The van der Waals surface area contributed by atoms with Gasteiger partial charge in [0.2, 0.25) is 0 Å². The fraction of sp³-hybridized carbons (Fsp3) is 0.182. The van der Waals surface area contributed by atoms with Crippen molar-refractivity contribution in [2.45, 2.75) is 0 Å². The molecule has 88 valence electrons. The third-order valence-electron chi connectivity index (χ3n) is 2.50. The predicted molar refractivity (Wildman–Crippen MR) is 64.5 cm³/mol. The van der Waals surface area contributed by atoms with Crippen LogP contribution in [0.1, 0.15) is 0 Å². The van der Waals surface area contributed by atoms with Crippen molar-refractivity contribution in [1.82, 2.24) is 4.98 Å². The van der Waals surface area contributed by atoms with Gasteiger partial charge in [-0.2, -0.15) is 0 Å². The number of anilines is 1. The van der Waals surface area contributed by atoms with E-state index in [2.05, 4.69) is 10.3 Å². The lowest BCUT2D eigenvalue weighted by Crippen LogP contribution is -1.96. The summed E-state index contributed by atoms with van der Waals surface area (Å²) >= 11 is 0. The molecule has 6 heteroatoms. The molecule has 17 heavy (non-hydrogen) atoms. The second kappa shape index (κ2) is 4.25. The first-order valence-electron chi connectivity index (χ1n) is 4.96. The Kier molecular flexibility index (Phi) is 2.78. The smallest absolute Gasteiger partial charge is 0.299 e. The molecule has 0 spiro atoms. The van der Waals surface area contributed by atoms with Crippen LogP contribution in [-0.4, -0.2) is 24.1 Å². The highest BCUT2D eigenvalue weighted by Crippen LogP contribution is 2.33. The molecule has 0 radical (unpaired) electrons. The molecule has 0 unspecified atom stereocenters. The summed E-state index contributed by atoms with van der Waals surface area (Å²) in [6.07, 6.45) is 1.54. The van der Waals surface area contributed by atoms with Crippen molar-refractivity contribution in [1.29, 1.82) is 0 Å². The molecule has 1 aromatic carbocycles. The van der Waals surface area contributed by atoms with E-state index in [0.29, 0.717) is 16.7 Å². The van der Waals surface area contributed by atoms with Gasteiger partial charge in [-0.15, -0.1) is 0 Å². The topological polar surface area (TPSA) is 77.3 Å². The van der Waals surface area contributed by atoms with Crippen molar-refractivity contribution >= 4 is 22.3 Å². The molecule has 0 amide bonds. The van der Waals surface area contributed by atoms with E-state index in [4.69, 9.17) is 4.74 Å². The van der Waals surface area contributed by atoms with Crippen LogP contribution in [0.3, 0.4) is 0 Å². The number of hydrogen-bond acceptors (Lipinski definition) is 5. The van der Waals surface area contributed by atoms with Gasteiger partial charge in [-0.25, -0.2) is 4.98 Å². The quantitative estimate of drug-likeness (QED) is 0.649. The fourth-order valence-corrected chi connectivity index (χ4v) is 1.69. The maximum Gasteiger partial charge on any atom is 0.299 e. The van der Waals surface area contributed by atoms with Crippen LogP contribution in [0, 0.1) is 10.1 Å². The molecule has 0 aliphatic carbocycles. The average molecular weight is 233 g/mol. The summed E-state index contributed by atoms with van der Waals surface area (Å²) in [4.78, 5) is 14.6. The lowest BCUT2D eigenvalue weighted by Gasteiger charge is -2.07. The van der Waals surface area contributed by atoms with E-state index >= 15 is 0 Å². The number of pyridine rings is 1. The van der Waals surface area contributed by atoms with Crippen molar-refractivity contribution in [3.8, 4) is 5.75 Å². The number of ether oxygens (including phenoxy) is 1. The molecule has 0 saturated heterocycles. The lowest BCUT2D eigenvalue weighted by atomic mass is 10.1. The van der Waals surface area contributed by atoms with E-state index in [9.17, 15) is 10.1 Å². The zero-order chi connectivity index (χ0) is 12.4. The molecule has 1 heterocycles. The van der Waals surface area contributed by atoms with Crippen LogP contribution in [0.2, 0.25) is 0 Å². The van der Waals surface area contributed by atoms with Crippen LogP contribution < -0.4 is 10.1 Å². The van der Waals surface area contributed by atoms with Crippen molar-refractivity contribution < 1.29 is 9.66 Å². The second-order valence-corrected chi connectivity index (χ2v) is 3.41. The minimum atomic E-state index is -0.461. The number of benzene rings is 1. The standard InChI is InChI=1S/C11H11N3O3/c1-12-9-3-4-13-11-8(9)5-7(17-2)6-10(11)14(15)16/h3-6H,1-2H3,(H,12,13). The number of aromatic nitrogens is 1. The van der Waals surface area contributed by atoms with E-state index in [-0.39, 0.29) is 5.69 Å². The molecule has 1 N–H and O–H groups in total. The Morgan fingerprint density at radius 3 is 2.82 bits per heavy atom. The Morgan fingerprint density at radius 2 is 2.24 bits per heavy atom. The highest BCUT2D eigenvalue weighted by Gasteiger charge is 2.17. The summed E-state index contributed by atoms with van der Waals surface area (Å²) < 4.78 is 5.05. The first kappa shape index (κ1) is 11.1. The molecule has 0 atom stereocenters. The molecule has 0 bridgehead atoms. The lowest BCUT2D eigenvalue weighted by molar-refractivity contribution is -0.383.